The molecular formula is C22H27N3O6S. The third kappa shape index (κ3) is 7.17. The Morgan fingerprint density at radius 3 is 2.16 bits per heavy atom. The summed E-state index contributed by atoms with van der Waals surface area (Å²) in [6, 6.07) is 11.9. The SMILES string of the molecule is CC(=O)c1ccc(S(=O)(=O)N(C)CC(=O)Nc2cccc(NC(=O)OCC(C)C)c2)cc1. The summed E-state index contributed by atoms with van der Waals surface area (Å²) in [5.41, 5.74) is 1.20. The highest BCUT2D eigenvalue weighted by Crippen LogP contribution is 2.18. The molecule has 0 radical (unpaired) electrons. The van der Waals surface area contributed by atoms with Gasteiger partial charge in [0.1, 0.15) is 0 Å². The van der Waals surface area contributed by atoms with Crippen LogP contribution in [-0.2, 0) is 19.6 Å². The Bertz CT molecular complexity index is 1080. The Morgan fingerprint density at radius 1 is 1.00 bits per heavy atom. The zero-order valence-corrected chi connectivity index (χ0v) is 19.2. The van der Waals surface area contributed by atoms with Gasteiger partial charge in [-0.1, -0.05) is 32.0 Å². The highest BCUT2D eigenvalue weighted by atomic mass is 32.2. The number of carbonyl (C=O) groups excluding carboxylic acids is 3. The number of carbonyl (C=O) groups is 3. The summed E-state index contributed by atoms with van der Waals surface area (Å²) in [5, 5.41) is 5.17. The molecule has 9 nitrogen and oxygen atoms in total. The second-order valence-electron chi connectivity index (χ2n) is 7.59. The maximum Gasteiger partial charge on any atom is 0.411 e. The molecular weight excluding hydrogens is 434 g/mol. The monoisotopic (exact) mass is 461 g/mol. The van der Waals surface area contributed by atoms with Gasteiger partial charge in [0.25, 0.3) is 0 Å². The molecule has 2 aromatic rings. The highest BCUT2D eigenvalue weighted by Gasteiger charge is 2.23. The molecule has 0 spiro atoms. The van der Waals surface area contributed by atoms with Crippen LogP contribution in [0.3, 0.4) is 0 Å². The number of hydrogen-bond donors (Lipinski definition) is 2. The first-order valence-corrected chi connectivity index (χ1v) is 11.3. The Hall–Kier alpha value is -3.24. The summed E-state index contributed by atoms with van der Waals surface area (Å²) in [4.78, 5) is 35.5. The summed E-state index contributed by atoms with van der Waals surface area (Å²) >= 11 is 0. The minimum atomic E-state index is -3.92. The third-order valence-corrected chi connectivity index (χ3v) is 6.09. The van der Waals surface area contributed by atoms with Gasteiger partial charge in [0.05, 0.1) is 18.0 Å². The van der Waals surface area contributed by atoms with Crippen LogP contribution < -0.4 is 10.6 Å². The van der Waals surface area contributed by atoms with Crippen LogP contribution in [-0.4, -0.2) is 50.7 Å². The van der Waals surface area contributed by atoms with E-state index in [0.717, 1.165) is 4.31 Å². The molecule has 0 unspecified atom stereocenters. The number of amides is 2. The van der Waals surface area contributed by atoms with E-state index in [1.807, 2.05) is 13.8 Å². The van der Waals surface area contributed by atoms with Gasteiger partial charge in [-0.05, 0) is 43.2 Å². The molecule has 0 aliphatic rings. The summed E-state index contributed by atoms with van der Waals surface area (Å²) in [7, 11) is -2.63. The number of sulfonamides is 1. The van der Waals surface area contributed by atoms with E-state index in [0.29, 0.717) is 16.9 Å². The van der Waals surface area contributed by atoms with Gasteiger partial charge < -0.3 is 10.1 Å². The van der Waals surface area contributed by atoms with Gasteiger partial charge in [0.15, 0.2) is 5.78 Å². The molecule has 0 aliphatic carbocycles. The molecule has 172 valence electrons. The molecule has 2 amide bonds. The number of benzene rings is 2. The Kier molecular flexibility index (Phi) is 8.50. The second kappa shape index (κ2) is 10.9. The Morgan fingerprint density at radius 2 is 1.59 bits per heavy atom. The van der Waals surface area contributed by atoms with E-state index in [1.54, 1.807) is 18.2 Å². The van der Waals surface area contributed by atoms with Crippen molar-refractivity contribution in [2.24, 2.45) is 5.92 Å². The van der Waals surface area contributed by atoms with Crippen LogP contribution in [0.15, 0.2) is 53.4 Å². The lowest BCUT2D eigenvalue weighted by molar-refractivity contribution is -0.116. The van der Waals surface area contributed by atoms with Crippen LogP contribution in [0.5, 0.6) is 0 Å². The molecule has 0 fully saturated rings. The predicted molar refractivity (Wildman–Crippen MR) is 121 cm³/mol. The van der Waals surface area contributed by atoms with Crippen molar-refractivity contribution < 1.29 is 27.5 Å². The average molecular weight is 462 g/mol. The molecule has 0 atom stereocenters. The molecule has 32 heavy (non-hydrogen) atoms. The lowest BCUT2D eigenvalue weighted by Gasteiger charge is -2.17. The molecule has 2 N–H and O–H groups in total. The van der Waals surface area contributed by atoms with E-state index in [-0.39, 0.29) is 23.2 Å². The van der Waals surface area contributed by atoms with Gasteiger partial charge in [-0.2, -0.15) is 4.31 Å². The number of Topliss-reactive ketones (excluding diaryl/α,β-unsaturated/α-hetero) is 1. The number of ketones is 1. The minimum Gasteiger partial charge on any atom is -0.449 e. The zero-order chi connectivity index (χ0) is 23.9. The van der Waals surface area contributed by atoms with Crippen molar-refractivity contribution in [2.45, 2.75) is 25.7 Å². The number of rotatable bonds is 9. The van der Waals surface area contributed by atoms with Crippen molar-refractivity contribution in [1.82, 2.24) is 4.31 Å². The maximum atomic E-state index is 12.7. The average Bonchev–Trinajstić information content (AvgIpc) is 2.72. The van der Waals surface area contributed by atoms with Gasteiger partial charge in [0.2, 0.25) is 15.9 Å². The lowest BCUT2D eigenvalue weighted by Crippen LogP contribution is -2.35. The van der Waals surface area contributed by atoms with Gasteiger partial charge in [-0.25, -0.2) is 13.2 Å². The van der Waals surface area contributed by atoms with Crippen LogP contribution >= 0.6 is 0 Å². The number of likely N-dealkylation sites (N-methyl/N-ethyl adjacent to an activating group) is 1. The molecule has 0 saturated heterocycles. The van der Waals surface area contributed by atoms with Crippen LogP contribution in [0.25, 0.3) is 0 Å². The highest BCUT2D eigenvalue weighted by molar-refractivity contribution is 7.89. The van der Waals surface area contributed by atoms with Crippen molar-refractivity contribution >= 4 is 39.2 Å². The summed E-state index contributed by atoms with van der Waals surface area (Å²) in [5.74, 6) is -0.533. The first-order chi connectivity index (χ1) is 15.0. The van der Waals surface area contributed by atoms with Gasteiger partial charge in [-0.3, -0.25) is 14.9 Å². The summed E-state index contributed by atoms with van der Waals surface area (Å²) in [6.07, 6.45) is -0.608. The maximum absolute atomic E-state index is 12.7. The van der Waals surface area contributed by atoms with E-state index >= 15 is 0 Å². The van der Waals surface area contributed by atoms with E-state index in [1.165, 1.54) is 44.3 Å². The van der Waals surface area contributed by atoms with Crippen molar-refractivity contribution in [1.29, 1.82) is 0 Å². The van der Waals surface area contributed by atoms with Crippen LogP contribution in [0.1, 0.15) is 31.1 Å². The van der Waals surface area contributed by atoms with E-state index in [4.69, 9.17) is 4.74 Å². The Labute approximate surface area is 187 Å². The molecule has 0 bridgehead atoms. The third-order valence-electron chi connectivity index (χ3n) is 4.28. The fourth-order valence-electron chi connectivity index (χ4n) is 2.60. The van der Waals surface area contributed by atoms with Crippen molar-refractivity contribution in [3.05, 3.63) is 54.1 Å². The van der Waals surface area contributed by atoms with Crippen molar-refractivity contribution in [3.8, 4) is 0 Å². The predicted octanol–water partition coefficient (Wildman–Crippen LogP) is 3.35. The number of anilines is 2. The topological polar surface area (TPSA) is 122 Å². The van der Waals surface area contributed by atoms with Crippen LogP contribution in [0.2, 0.25) is 0 Å². The number of nitrogens with one attached hydrogen (secondary N) is 2. The van der Waals surface area contributed by atoms with E-state index in [9.17, 15) is 22.8 Å². The molecule has 10 heteroatoms. The van der Waals surface area contributed by atoms with Crippen molar-refractivity contribution in [3.63, 3.8) is 0 Å². The fourth-order valence-corrected chi connectivity index (χ4v) is 3.73. The lowest BCUT2D eigenvalue weighted by atomic mass is 10.2. The molecule has 0 heterocycles. The smallest absolute Gasteiger partial charge is 0.411 e. The normalized spacial score (nSPS) is 11.3. The van der Waals surface area contributed by atoms with E-state index < -0.39 is 28.6 Å². The van der Waals surface area contributed by atoms with Crippen molar-refractivity contribution in [2.75, 3.05) is 30.8 Å². The number of nitrogens with zero attached hydrogens (tertiary/aromatic N) is 1. The molecule has 0 saturated carbocycles. The first-order valence-electron chi connectivity index (χ1n) is 9.90. The minimum absolute atomic E-state index is 0.0242. The van der Waals surface area contributed by atoms with E-state index in [2.05, 4.69) is 10.6 Å². The standard InChI is InChI=1S/C22H27N3O6S/c1-15(2)14-31-22(28)24-19-7-5-6-18(12-19)23-21(27)13-25(4)32(29,30)20-10-8-17(9-11-20)16(3)26/h5-12,15H,13-14H2,1-4H3,(H,23,27)(H,24,28). The van der Waals surface area contributed by atoms with Crippen LogP contribution in [0.4, 0.5) is 16.2 Å². The zero-order valence-electron chi connectivity index (χ0n) is 18.4. The summed E-state index contributed by atoms with van der Waals surface area (Å²) in [6.45, 7) is 5.08. The molecule has 0 aromatic heterocycles. The molecule has 2 rings (SSSR count). The quantitative estimate of drug-likeness (QED) is 0.552. The van der Waals surface area contributed by atoms with Crippen LogP contribution in [0, 0.1) is 5.92 Å². The number of ether oxygens (including phenoxy) is 1. The summed E-state index contributed by atoms with van der Waals surface area (Å²) < 4.78 is 31.3. The fraction of sp³-hybridized carbons (Fsp3) is 0.318. The van der Waals surface area contributed by atoms with Gasteiger partial charge in [0, 0.05) is 24.0 Å². The second-order valence-corrected chi connectivity index (χ2v) is 9.63. The van der Waals surface area contributed by atoms with Gasteiger partial charge in [-0.15, -0.1) is 0 Å². The largest absolute Gasteiger partial charge is 0.449 e. The molecule has 2 aromatic carbocycles. The number of hydrogen-bond acceptors (Lipinski definition) is 6. The Balaban J connectivity index is 1.99. The first kappa shape index (κ1) is 25.0. The molecule has 0 aliphatic heterocycles. The van der Waals surface area contributed by atoms with Gasteiger partial charge >= 0.3 is 6.09 Å².